The van der Waals surface area contributed by atoms with Crippen LogP contribution in [0.1, 0.15) is 34.8 Å². The van der Waals surface area contributed by atoms with Crippen molar-refractivity contribution in [3.8, 4) is 5.75 Å². The summed E-state index contributed by atoms with van der Waals surface area (Å²) in [7, 11) is 1.38. The first kappa shape index (κ1) is 18.8. The zero-order chi connectivity index (χ0) is 19.3. The number of carbonyl (C=O) groups excluding carboxylic acids is 2. The second-order valence-electron chi connectivity index (χ2n) is 5.46. The predicted molar refractivity (Wildman–Crippen MR) is 92.4 cm³/mol. The Morgan fingerprint density at radius 3 is 2.50 bits per heavy atom. The highest BCUT2D eigenvalue weighted by atomic mass is 16.6. The van der Waals surface area contributed by atoms with Crippen LogP contribution in [0.5, 0.6) is 5.75 Å². The molecule has 9 nitrogen and oxygen atoms in total. The van der Waals surface area contributed by atoms with Crippen molar-refractivity contribution < 1.29 is 24.0 Å². The van der Waals surface area contributed by atoms with Crippen LogP contribution in [0, 0.1) is 10.1 Å². The average molecular weight is 359 g/mol. The predicted octanol–water partition coefficient (Wildman–Crippen LogP) is 2.82. The van der Waals surface area contributed by atoms with E-state index in [-0.39, 0.29) is 34.6 Å². The number of nitrogens with one attached hydrogen (secondary N) is 1. The third-order valence-corrected chi connectivity index (χ3v) is 3.18. The smallest absolute Gasteiger partial charge is 0.357 e. The first-order chi connectivity index (χ1) is 12.3. The van der Waals surface area contributed by atoms with Crippen LogP contribution in [0.25, 0.3) is 0 Å². The Hall–Kier alpha value is -3.49. The van der Waals surface area contributed by atoms with E-state index in [0.29, 0.717) is 0 Å². The van der Waals surface area contributed by atoms with Crippen molar-refractivity contribution in [1.82, 2.24) is 4.98 Å². The van der Waals surface area contributed by atoms with Gasteiger partial charge in [-0.1, -0.05) is 6.07 Å². The van der Waals surface area contributed by atoms with E-state index in [4.69, 9.17) is 9.47 Å². The maximum absolute atomic E-state index is 12.4. The molecule has 26 heavy (non-hydrogen) atoms. The molecule has 0 aliphatic rings. The molecule has 0 saturated carbocycles. The molecule has 0 aliphatic carbocycles. The largest absolute Gasteiger partial charge is 0.496 e. The van der Waals surface area contributed by atoms with Gasteiger partial charge >= 0.3 is 5.97 Å². The number of pyridine rings is 1. The Labute approximate surface area is 149 Å². The van der Waals surface area contributed by atoms with Gasteiger partial charge in [0.25, 0.3) is 11.6 Å². The van der Waals surface area contributed by atoms with E-state index in [2.05, 4.69) is 10.3 Å². The minimum atomic E-state index is -0.697. The fraction of sp³-hybridized carbons (Fsp3) is 0.235. The van der Waals surface area contributed by atoms with Gasteiger partial charge in [-0.15, -0.1) is 0 Å². The van der Waals surface area contributed by atoms with Crippen molar-refractivity contribution in [2.24, 2.45) is 0 Å². The van der Waals surface area contributed by atoms with E-state index < -0.39 is 16.8 Å². The molecule has 0 radical (unpaired) electrons. The summed E-state index contributed by atoms with van der Waals surface area (Å²) >= 11 is 0. The lowest BCUT2D eigenvalue weighted by Gasteiger charge is -2.09. The number of hydrogen-bond donors (Lipinski definition) is 1. The number of carbonyl (C=O) groups is 2. The molecular weight excluding hydrogens is 342 g/mol. The number of rotatable bonds is 6. The van der Waals surface area contributed by atoms with Crippen molar-refractivity contribution in [1.29, 1.82) is 0 Å². The second kappa shape index (κ2) is 8.06. The van der Waals surface area contributed by atoms with Gasteiger partial charge in [-0.2, -0.15) is 0 Å². The van der Waals surface area contributed by atoms with Crippen LogP contribution in [0.2, 0.25) is 0 Å². The van der Waals surface area contributed by atoms with E-state index >= 15 is 0 Å². The van der Waals surface area contributed by atoms with Crippen molar-refractivity contribution in [3.05, 3.63) is 57.9 Å². The van der Waals surface area contributed by atoms with Gasteiger partial charge in [0.2, 0.25) is 0 Å². The van der Waals surface area contributed by atoms with Crippen LogP contribution >= 0.6 is 0 Å². The molecule has 1 N–H and O–H groups in total. The Balaban J connectivity index is 2.26. The third kappa shape index (κ3) is 4.53. The zero-order valence-corrected chi connectivity index (χ0v) is 14.4. The normalized spacial score (nSPS) is 10.3. The molecule has 1 heterocycles. The van der Waals surface area contributed by atoms with Crippen molar-refractivity contribution in [2.45, 2.75) is 20.0 Å². The number of anilines is 1. The first-order valence-corrected chi connectivity index (χ1v) is 7.63. The summed E-state index contributed by atoms with van der Waals surface area (Å²) in [5.74, 6) is -1.08. The fourth-order valence-corrected chi connectivity index (χ4v) is 2.03. The average Bonchev–Trinajstić information content (AvgIpc) is 2.61. The SMILES string of the molecule is COc1ccc(NC(=O)c2cccc(C(=O)OC(C)C)n2)c([N+](=O)[O-])c1. The number of esters is 1. The topological polar surface area (TPSA) is 121 Å². The number of nitro groups is 1. The summed E-state index contributed by atoms with van der Waals surface area (Å²) in [5.41, 5.74) is -0.449. The molecule has 0 atom stereocenters. The summed E-state index contributed by atoms with van der Waals surface area (Å²) in [5, 5.41) is 13.6. The van der Waals surface area contributed by atoms with Gasteiger partial charge in [-0.05, 0) is 38.1 Å². The lowest BCUT2D eigenvalue weighted by Crippen LogP contribution is -2.18. The fourth-order valence-electron chi connectivity index (χ4n) is 2.03. The number of aromatic nitrogens is 1. The monoisotopic (exact) mass is 359 g/mol. The van der Waals surface area contributed by atoms with Crippen LogP contribution in [-0.2, 0) is 4.74 Å². The van der Waals surface area contributed by atoms with Crippen LogP contribution in [0.3, 0.4) is 0 Å². The van der Waals surface area contributed by atoms with Crippen LogP contribution in [0.15, 0.2) is 36.4 Å². The van der Waals surface area contributed by atoms with E-state index in [1.54, 1.807) is 13.8 Å². The van der Waals surface area contributed by atoms with E-state index in [1.807, 2.05) is 0 Å². The van der Waals surface area contributed by atoms with E-state index in [9.17, 15) is 19.7 Å². The van der Waals surface area contributed by atoms with Gasteiger partial charge in [0.15, 0.2) is 0 Å². The first-order valence-electron chi connectivity index (χ1n) is 7.63. The van der Waals surface area contributed by atoms with Gasteiger partial charge < -0.3 is 14.8 Å². The molecule has 0 fully saturated rings. The van der Waals surface area contributed by atoms with Gasteiger partial charge in [0.1, 0.15) is 22.8 Å². The van der Waals surface area contributed by atoms with Gasteiger partial charge in [-0.25, -0.2) is 9.78 Å². The summed E-state index contributed by atoms with van der Waals surface area (Å²) in [6.45, 7) is 3.38. The van der Waals surface area contributed by atoms with Crippen LogP contribution in [0.4, 0.5) is 11.4 Å². The number of benzene rings is 1. The zero-order valence-electron chi connectivity index (χ0n) is 14.4. The highest BCUT2D eigenvalue weighted by Crippen LogP contribution is 2.29. The molecule has 0 spiro atoms. The molecule has 136 valence electrons. The molecule has 0 bridgehead atoms. The summed E-state index contributed by atoms with van der Waals surface area (Å²) < 4.78 is 9.97. The maximum Gasteiger partial charge on any atom is 0.357 e. The molecule has 2 rings (SSSR count). The molecule has 1 aromatic heterocycles. The van der Waals surface area contributed by atoms with Crippen LogP contribution in [-0.4, -0.2) is 35.0 Å². The van der Waals surface area contributed by atoms with Crippen molar-refractivity contribution in [3.63, 3.8) is 0 Å². The molecular formula is C17H17N3O6. The maximum atomic E-state index is 12.4. The highest BCUT2D eigenvalue weighted by molar-refractivity contribution is 6.04. The number of ether oxygens (including phenoxy) is 2. The van der Waals surface area contributed by atoms with Crippen molar-refractivity contribution >= 4 is 23.3 Å². The third-order valence-electron chi connectivity index (χ3n) is 3.18. The number of nitro benzene ring substituents is 1. The highest BCUT2D eigenvalue weighted by Gasteiger charge is 2.20. The number of nitrogens with zero attached hydrogens (tertiary/aromatic N) is 2. The van der Waals surface area contributed by atoms with Gasteiger partial charge in [0, 0.05) is 0 Å². The number of hydrogen-bond acceptors (Lipinski definition) is 7. The number of methoxy groups -OCH3 is 1. The molecule has 1 aromatic carbocycles. The minimum Gasteiger partial charge on any atom is -0.496 e. The molecule has 1 amide bonds. The molecule has 9 heteroatoms. The summed E-state index contributed by atoms with van der Waals surface area (Å²) in [6.07, 6.45) is -0.330. The lowest BCUT2D eigenvalue weighted by atomic mass is 10.2. The molecule has 0 saturated heterocycles. The summed E-state index contributed by atoms with van der Waals surface area (Å²) in [4.78, 5) is 38.7. The van der Waals surface area contributed by atoms with Gasteiger partial charge in [0.05, 0.1) is 24.2 Å². The molecule has 2 aromatic rings. The standard InChI is InChI=1S/C17H17N3O6/c1-10(2)26-17(22)14-6-4-5-13(18-14)16(21)19-12-8-7-11(25-3)9-15(12)20(23)24/h4-10H,1-3H3,(H,19,21). The van der Waals surface area contributed by atoms with E-state index in [0.717, 1.165) is 0 Å². The second-order valence-corrected chi connectivity index (χ2v) is 5.46. The van der Waals surface area contributed by atoms with Gasteiger partial charge in [-0.3, -0.25) is 14.9 Å². The lowest BCUT2D eigenvalue weighted by molar-refractivity contribution is -0.384. The van der Waals surface area contributed by atoms with Crippen LogP contribution < -0.4 is 10.1 Å². The Morgan fingerprint density at radius 2 is 1.88 bits per heavy atom. The Kier molecular flexibility index (Phi) is 5.84. The van der Waals surface area contributed by atoms with E-state index in [1.165, 1.54) is 43.5 Å². The number of amides is 1. The Morgan fingerprint density at radius 1 is 1.19 bits per heavy atom. The minimum absolute atomic E-state index is 0.0160. The molecule has 0 aliphatic heterocycles. The molecule has 0 unspecified atom stereocenters. The quantitative estimate of drug-likeness (QED) is 0.478. The van der Waals surface area contributed by atoms with Crippen molar-refractivity contribution in [2.75, 3.05) is 12.4 Å². The Bertz CT molecular complexity index is 850. The summed E-state index contributed by atoms with van der Waals surface area (Å²) in [6, 6.07) is 8.30.